The molecule has 0 aliphatic carbocycles. The first-order valence-electron chi connectivity index (χ1n) is 7.23. The molecule has 0 atom stereocenters. The zero-order valence-corrected chi connectivity index (χ0v) is 13.5. The van der Waals surface area contributed by atoms with Gasteiger partial charge in [0.25, 0.3) is 0 Å². The van der Waals surface area contributed by atoms with Crippen molar-refractivity contribution in [2.45, 2.75) is 13.2 Å². The summed E-state index contributed by atoms with van der Waals surface area (Å²) in [4.78, 5) is 16.2. The van der Waals surface area contributed by atoms with Gasteiger partial charge in [-0.15, -0.1) is 11.3 Å². The summed E-state index contributed by atoms with van der Waals surface area (Å²) in [5, 5.41) is 1.90. The summed E-state index contributed by atoms with van der Waals surface area (Å²) < 4.78 is 24.3. The molecule has 6 heteroatoms. The lowest BCUT2D eigenvalue weighted by Gasteiger charge is -2.08. The third kappa shape index (κ3) is 4.17. The summed E-state index contributed by atoms with van der Waals surface area (Å²) in [6.45, 7) is 0.215. The Bertz CT molecular complexity index is 821. The maximum atomic E-state index is 13.5. The molecule has 0 aliphatic rings. The summed E-state index contributed by atoms with van der Waals surface area (Å²) >= 11 is 1.49. The summed E-state index contributed by atoms with van der Waals surface area (Å²) in [6.07, 6.45) is 0. The Morgan fingerprint density at radius 2 is 2.00 bits per heavy atom. The Balaban J connectivity index is 1.60. The zero-order chi connectivity index (χ0) is 16.8. The molecule has 0 spiro atoms. The Hall–Kier alpha value is -2.73. The van der Waals surface area contributed by atoms with Gasteiger partial charge in [0.1, 0.15) is 24.8 Å². The molecular formula is C18H14FNO3S. The second-order valence-corrected chi connectivity index (χ2v) is 5.68. The largest absolute Gasteiger partial charge is 0.487 e. The molecule has 1 aromatic heterocycles. The van der Waals surface area contributed by atoms with Gasteiger partial charge in [-0.25, -0.2) is 14.2 Å². The zero-order valence-electron chi connectivity index (χ0n) is 12.6. The van der Waals surface area contributed by atoms with Gasteiger partial charge in [0.15, 0.2) is 0 Å². The van der Waals surface area contributed by atoms with E-state index in [9.17, 15) is 9.18 Å². The van der Waals surface area contributed by atoms with Gasteiger partial charge >= 0.3 is 5.97 Å². The fourth-order valence-electron chi connectivity index (χ4n) is 2.02. The Kier molecular flexibility index (Phi) is 5.18. The van der Waals surface area contributed by atoms with Crippen LogP contribution in [0.5, 0.6) is 5.75 Å². The molecule has 3 rings (SSSR count). The van der Waals surface area contributed by atoms with Crippen molar-refractivity contribution in [1.82, 2.24) is 4.98 Å². The molecule has 0 fully saturated rings. The van der Waals surface area contributed by atoms with Crippen LogP contribution in [0.15, 0.2) is 59.4 Å². The average Bonchev–Trinajstić information content (AvgIpc) is 3.13. The summed E-state index contributed by atoms with van der Waals surface area (Å²) in [6, 6.07) is 12.9. The van der Waals surface area contributed by atoms with E-state index in [-0.39, 0.29) is 6.61 Å². The highest BCUT2D eigenvalue weighted by Crippen LogP contribution is 2.17. The Morgan fingerprint density at radius 3 is 2.79 bits per heavy atom. The molecule has 1 heterocycles. The predicted octanol–water partition coefficient (Wildman–Crippen LogP) is 4.22. The number of carbonyl (C=O) groups is 1. The van der Waals surface area contributed by atoms with Gasteiger partial charge in [0.2, 0.25) is 0 Å². The first-order chi connectivity index (χ1) is 11.7. The molecule has 0 saturated heterocycles. The van der Waals surface area contributed by atoms with E-state index in [4.69, 9.17) is 9.47 Å². The number of rotatable bonds is 6. The minimum Gasteiger partial charge on any atom is -0.487 e. The molecule has 3 aromatic rings. The molecular weight excluding hydrogens is 329 g/mol. The van der Waals surface area contributed by atoms with Crippen LogP contribution in [0.3, 0.4) is 0 Å². The van der Waals surface area contributed by atoms with Crippen LogP contribution in [-0.2, 0) is 18.0 Å². The molecule has 0 N–H and O–H groups in total. The van der Waals surface area contributed by atoms with Crippen molar-refractivity contribution in [3.05, 3.63) is 82.1 Å². The van der Waals surface area contributed by atoms with Crippen molar-refractivity contribution >= 4 is 17.3 Å². The fraction of sp³-hybridized carbons (Fsp3) is 0.111. The van der Waals surface area contributed by atoms with Gasteiger partial charge in [0, 0.05) is 10.9 Å². The first kappa shape index (κ1) is 16.1. The molecule has 0 amide bonds. The standard InChI is InChI=1S/C18H14FNO3S/c19-17-7-2-1-4-14(17)9-23-18(21)13-5-3-6-16(8-13)22-10-15-11-24-12-20-15/h1-8,11-12H,9-10H2. The number of hydrogen-bond acceptors (Lipinski definition) is 5. The monoisotopic (exact) mass is 343 g/mol. The van der Waals surface area contributed by atoms with Crippen molar-refractivity contribution in [3.8, 4) is 5.75 Å². The summed E-state index contributed by atoms with van der Waals surface area (Å²) in [7, 11) is 0. The fourth-order valence-corrected chi connectivity index (χ4v) is 2.56. The van der Waals surface area contributed by atoms with E-state index in [1.807, 2.05) is 5.38 Å². The number of benzene rings is 2. The van der Waals surface area contributed by atoms with Crippen LogP contribution in [0.25, 0.3) is 0 Å². The maximum absolute atomic E-state index is 13.5. The lowest BCUT2D eigenvalue weighted by atomic mass is 10.2. The summed E-state index contributed by atoms with van der Waals surface area (Å²) in [5.74, 6) is -0.383. The lowest BCUT2D eigenvalue weighted by Crippen LogP contribution is -2.06. The van der Waals surface area contributed by atoms with Crippen molar-refractivity contribution in [2.24, 2.45) is 0 Å². The van der Waals surface area contributed by atoms with Gasteiger partial charge in [-0.3, -0.25) is 0 Å². The van der Waals surface area contributed by atoms with E-state index in [0.29, 0.717) is 23.5 Å². The number of thiazole rings is 1. The van der Waals surface area contributed by atoms with Crippen molar-refractivity contribution in [1.29, 1.82) is 0 Å². The number of carbonyl (C=O) groups excluding carboxylic acids is 1. The predicted molar refractivity (Wildman–Crippen MR) is 88.4 cm³/mol. The first-order valence-corrected chi connectivity index (χ1v) is 8.17. The van der Waals surface area contributed by atoms with Gasteiger partial charge in [0.05, 0.1) is 16.8 Å². The number of ether oxygens (including phenoxy) is 2. The maximum Gasteiger partial charge on any atom is 0.338 e. The number of nitrogens with zero attached hydrogens (tertiary/aromatic N) is 1. The minimum absolute atomic E-state index is 0.116. The molecule has 2 aromatic carbocycles. The van der Waals surface area contributed by atoms with E-state index in [2.05, 4.69) is 4.98 Å². The van der Waals surface area contributed by atoms with E-state index in [1.54, 1.807) is 48.0 Å². The van der Waals surface area contributed by atoms with Crippen molar-refractivity contribution in [3.63, 3.8) is 0 Å². The van der Waals surface area contributed by atoms with Crippen LogP contribution in [0.1, 0.15) is 21.6 Å². The van der Waals surface area contributed by atoms with Gasteiger partial charge in [-0.2, -0.15) is 0 Å². The van der Waals surface area contributed by atoms with Crippen molar-refractivity contribution in [2.75, 3.05) is 0 Å². The van der Waals surface area contributed by atoms with Crippen molar-refractivity contribution < 1.29 is 18.7 Å². The molecule has 0 bridgehead atoms. The quantitative estimate of drug-likeness (QED) is 0.629. The second kappa shape index (κ2) is 7.70. The molecule has 0 saturated carbocycles. The molecule has 0 aliphatic heterocycles. The van der Waals surface area contributed by atoms with Gasteiger partial charge in [-0.1, -0.05) is 24.3 Å². The van der Waals surface area contributed by atoms with Crippen LogP contribution in [0.2, 0.25) is 0 Å². The second-order valence-electron chi connectivity index (χ2n) is 4.96. The van der Waals surface area contributed by atoms with Crippen LogP contribution < -0.4 is 4.74 Å². The highest BCUT2D eigenvalue weighted by molar-refractivity contribution is 7.07. The highest BCUT2D eigenvalue weighted by atomic mass is 32.1. The van der Waals surface area contributed by atoms with E-state index >= 15 is 0 Å². The van der Waals surface area contributed by atoms with Crippen LogP contribution in [0.4, 0.5) is 4.39 Å². The topological polar surface area (TPSA) is 48.4 Å². The molecule has 0 radical (unpaired) electrons. The van der Waals surface area contributed by atoms with E-state index < -0.39 is 11.8 Å². The molecule has 122 valence electrons. The van der Waals surface area contributed by atoms with Gasteiger partial charge in [-0.05, 0) is 24.3 Å². The Morgan fingerprint density at radius 1 is 1.12 bits per heavy atom. The third-order valence-corrected chi connectivity index (χ3v) is 3.89. The number of hydrogen-bond donors (Lipinski definition) is 0. The number of halogens is 1. The third-order valence-electron chi connectivity index (χ3n) is 3.26. The smallest absolute Gasteiger partial charge is 0.338 e. The molecule has 24 heavy (non-hydrogen) atoms. The summed E-state index contributed by atoms with van der Waals surface area (Å²) in [5.41, 5.74) is 3.24. The molecule has 4 nitrogen and oxygen atoms in total. The lowest BCUT2D eigenvalue weighted by molar-refractivity contribution is 0.0468. The number of aromatic nitrogens is 1. The van der Waals surface area contributed by atoms with Crippen LogP contribution >= 0.6 is 11.3 Å². The highest BCUT2D eigenvalue weighted by Gasteiger charge is 2.10. The van der Waals surface area contributed by atoms with E-state index in [0.717, 1.165) is 5.69 Å². The molecule has 0 unspecified atom stereocenters. The number of esters is 1. The SMILES string of the molecule is O=C(OCc1ccccc1F)c1cccc(OCc2cscn2)c1. The van der Waals surface area contributed by atoms with Crippen LogP contribution in [-0.4, -0.2) is 11.0 Å². The average molecular weight is 343 g/mol. The minimum atomic E-state index is -0.530. The van der Waals surface area contributed by atoms with E-state index in [1.165, 1.54) is 17.4 Å². The van der Waals surface area contributed by atoms with Gasteiger partial charge < -0.3 is 9.47 Å². The normalized spacial score (nSPS) is 10.4. The van der Waals surface area contributed by atoms with Crippen LogP contribution in [0, 0.1) is 5.82 Å². The Labute approximate surface area is 142 Å².